The van der Waals surface area contributed by atoms with Crippen molar-refractivity contribution in [1.29, 1.82) is 0 Å². The molecule has 8 nitrogen and oxygen atoms in total. The molecule has 1 aliphatic rings. The number of phenols is 2. The molecule has 0 bridgehead atoms. The van der Waals surface area contributed by atoms with Crippen LogP contribution in [0.3, 0.4) is 0 Å². The molecular weight excluding hydrogens is 502 g/mol. The van der Waals surface area contributed by atoms with E-state index in [-0.39, 0.29) is 29.7 Å². The molecule has 4 aromatic rings. The van der Waals surface area contributed by atoms with Crippen LogP contribution >= 0.6 is 15.9 Å². The zero-order valence-corrected chi connectivity index (χ0v) is 20.3. The van der Waals surface area contributed by atoms with Gasteiger partial charge in [-0.3, -0.25) is 9.89 Å². The van der Waals surface area contributed by atoms with Gasteiger partial charge in [-0.05, 0) is 76.8 Å². The number of nitrogens with one attached hydrogen (secondary N) is 1. The van der Waals surface area contributed by atoms with E-state index >= 15 is 0 Å². The van der Waals surface area contributed by atoms with Gasteiger partial charge in [-0.1, -0.05) is 6.07 Å². The molecular formula is C25H22BrN3O5. The standard InChI is InChI=1S/C25H22BrN3O5/c1-12-7-13(2)23(30)16(8-12)20-19-21(28-27-20)25(32)29(11-15-5-4-6-34-15)22(19)14-9-17(26)24(31)18(10-14)33-3/h4-10,22,30-31H,11H2,1-3H3,(H,27,28)/t22-/m0/s1. The van der Waals surface area contributed by atoms with Crippen molar-refractivity contribution < 1.29 is 24.2 Å². The Kier molecular flexibility index (Phi) is 5.36. The number of carbonyl (C=O) groups is 1. The highest BCUT2D eigenvalue weighted by Crippen LogP contribution is 2.48. The number of furan rings is 1. The van der Waals surface area contributed by atoms with Gasteiger partial charge in [-0.15, -0.1) is 0 Å². The molecule has 0 aliphatic carbocycles. The quantitative estimate of drug-likeness (QED) is 0.330. The minimum absolute atomic E-state index is 0.0345. The van der Waals surface area contributed by atoms with Gasteiger partial charge in [0, 0.05) is 11.1 Å². The molecule has 2 aromatic heterocycles. The van der Waals surface area contributed by atoms with Crippen LogP contribution < -0.4 is 4.74 Å². The Balaban J connectivity index is 1.74. The van der Waals surface area contributed by atoms with Crippen molar-refractivity contribution >= 4 is 21.8 Å². The first kappa shape index (κ1) is 22.1. The van der Waals surface area contributed by atoms with E-state index in [0.29, 0.717) is 43.9 Å². The normalized spacial score (nSPS) is 15.1. The van der Waals surface area contributed by atoms with Crippen LogP contribution in [0.5, 0.6) is 17.2 Å². The molecule has 34 heavy (non-hydrogen) atoms. The summed E-state index contributed by atoms with van der Waals surface area (Å²) in [6.07, 6.45) is 1.56. The molecule has 1 amide bonds. The summed E-state index contributed by atoms with van der Waals surface area (Å²) in [4.78, 5) is 15.2. The number of hydrogen-bond donors (Lipinski definition) is 3. The Bertz CT molecular complexity index is 1410. The van der Waals surface area contributed by atoms with Gasteiger partial charge in [0.1, 0.15) is 22.9 Å². The largest absolute Gasteiger partial charge is 0.507 e. The molecule has 3 heterocycles. The summed E-state index contributed by atoms with van der Waals surface area (Å²) < 4.78 is 11.3. The molecule has 0 saturated carbocycles. The number of aromatic amines is 1. The summed E-state index contributed by atoms with van der Waals surface area (Å²) in [5.74, 6) is 0.717. The topological polar surface area (TPSA) is 112 Å². The van der Waals surface area contributed by atoms with Gasteiger partial charge in [0.2, 0.25) is 0 Å². The molecule has 0 radical (unpaired) electrons. The molecule has 0 unspecified atom stereocenters. The molecule has 2 aromatic carbocycles. The van der Waals surface area contributed by atoms with Crippen molar-refractivity contribution in [2.45, 2.75) is 26.4 Å². The van der Waals surface area contributed by atoms with Crippen LogP contribution in [0.2, 0.25) is 0 Å². The first-order valence-corrected chi connectivity index (χ1v) is 11.4. The summed E-state index contributed by atoms with van der Waals surface area (Å²) in [6.45, 7) is 3.99. The summed E-state index contributed by atoms with van der Waals surface area (Å²) in [7, 11) is 1.47. The third kappa shape index (κ3) is 3.43. The van der Waals surface area contributed by atoms with Crippen LogP contribution in [-0.4, -0.2) is 38.3 Å². The van der Waals surface area contributed by atoms with Gasteiger partial charge in [0.05, 0.1) is 30.4 Å². The molecule has 0 spiro atoms. The number of carbonyl (C=O) groups excluding carboxylic acids is 1. The third-order valence-corrected chi connectivity index (χ3v) is 6.66. The van der Waals surface area contributed by atoms with Gasteiger partial charge in [0.25, 0.3) is 5.91 Å². The monoisotopic (exact) mass is 523 g/mol. The lowest BCUT2D eigenvalue weighted by Crippen LogP contribution is -2.29. The zero-order valence-electron chi connectivity index (χ0n) is 18.7. The van der Waals surface area contributed by atoms with E-state index in [1.807, 2.05) is 26.0 Å². The van der Waals surface area contributed by atoms with E-state index in [9.17, 15) is 15.0 Å². The van der Waals surface area contributed by atoms with Gasteiger partial charge < -0.3 is 24.3 Å². The van der Waals surface area contributed by atoms with Crippen molar-refractivity contribution in [1.82, 2.24) is 15.1 Å². The van der Waals surface area contributed by atoms with Crippen molar-refractivity contribution in [2.75, 3.05) is 7.11 Å². The predicted molar refractivity (Wildman–Crippen MR) is 128 cm³/mol. The fraction of sp³-hybridized carbons (Fsp3) is 0.200. The maximum absolute atomic E-state index is 13.5. The fourth-order valence-electron chi connectivity index (χ4n) is 4.53. The number of ether oxygens (including phenoxy) is 1. The first-order valence-electron chi connectivity index (χ1n) is 10.6. The fourth-order valence-corrected chi connectivity index (χ4v) is 4.99. The van der Waals surface area contributed by atoms with Crippen LogP contribution in [0.4, 0.5) is 0 Å². The molecule has 1 aliphatic heterocycles. The van der Waals surface area contributed by atoms with E-state index in [4.69, 9.17) is 9.15 Å². The molecule has 1 atom stereocenters. The number of aromatic nitrogens is 2. The Morgan fingerprint density at radius 1 is 1.21 bits per heavy atom. The summed E-state index contributed by atoms with van der Waals surface area (Å²) in [6, 6.07) is 10.2. The molecule has 174 valence electrons. The average Bonchev–Trinajstić information content (AvgIpc) is 3.52. The highest BCUT2D eigenvalue weighted by Gasteiger charge is 2.43. The number of amides is 1. The number of aryl methyl sites for hydroxylation is 2. The number of H-pyrrole nitrogens is 1. The minimum Gasteiger partial charge on any atom is -0.507 e. The van der Waals surface area contributed by atoms with Gasteiger partial charge in [0.15, 0.2) is 11.5 Å². The summed E-state index contributed by atoms with van der Waals surface area (Å²) in [5.41, 5.74) is 4.38. The highest BCUT2D eigenvalue weighted by molar-refractivity contribution is 9.10. The number of methoxy groups -OCH3 is 1. The summed E-state index contributed by atoms with van der Waals surface area (Å²) >= 11 is 3.39. The Labute approximate surface area is 203 Å². The second-order valence-electron chi connectivity index (χ2n) is 8.31. The van der Waals surface area contributed by atoms with E-state index in [0.717, 1.165) is 5.56 Å². The summed E-state index contributed by atoms with van der Waals surface area (Å²) in [5, 5.41) is 28.5. The SMILES string of the molecule is COc1cc([C@H]2c3c(-c4cc(C)cc(C)c4O)n[nH]c3C(=O)N2Cc2ccco2)cc(Br)c1O. The molecule has 9 heteroatoms. The Morgan fingerprint density at radius 3 is 2.71 bits per heavy atom. The van der Waals surface area contributed by atoms with Crippen molar-refractivity contribution in [2.24, 2.45) is 0 Å². The number of phenolic OH excluding ortho intramolecular Hbond substituents is 2. The molecule has 0 fully saturated rings. The molecule has 5 rings (SSSR count). The lowest BCUT2D eigenvalue weighted by Gasteiger charge is -2.26. The second-order valence-corrected chi connectivity index (χ2v) is 9.16. The second kappa shape index (κ2) is 8.25. The van der Waals surface area contributed by atoms with Crippen LogP contribution in [0, 0.1) is 13.8 Å². The maximum Gasteiger partial charge on any atom is 0.273 e. The highest BCUT2D eigenvalue weighted by atomic mass is 79.9. The van der Waals surface area contributed by atoms with E-state index < -0.39 is 6.04 Å². The van der Waals surface area contributed by atoms with Crippen LogP contribution in [0.25, 0.3) is 11.3 Å². The third-order valence-electron chi connectivity index (χ3n) is 6.06. The molecule has 0 saturated heterocycles. The number of rotatable bonds is 5. The number of aromatic hydroxyl groups is 2. The van der Waals surface area contributed by atoms with E-state index in [1.165, 1.54) is 7.11 Å². The number of nitrogens with zero attached hydrogens (tertiary/aromatic N) is 2. The molecule has 3 N–H and O–H groups in total. The van der Waals surface area contributed by atoms with E-state index in [2.05, 4.69) is 26.1 Å². The van der Waals surface area contributed by atoms with E-state index in [1.54, 1.807) is 35.4 Å². The Morgan fingerprint density at radius 2 is 2.00 bits per heavy atom. The van der Waals surface area contributed by atoms with Crippen molar-refractivity contribution in [3.63, 3.8) is 0 Å². The van der Waals surface area contributed by atoms with Crippen LogP contribution in [0.15, 0.2) is 51.6 Å². The first-order chi connectivity index (χ1) is 16.3. The van der Waals surface area contributed by atoms with Crippen LogP contribution in [0.1, 0.15) is 44.5 Å². The minimum atomic E-state index is -0.577. The number of benzene rings is 2. The predicted octanol–water partition coefficient (Wildman–Crippen LogP) is 5.21. The number of halogens is 1. The van der Waals surface area contributed by atoms with Crippen molar-refractivity contribution in [3.05, 3.63) is 80.8 Å². The average molecular weight is 524 g/mol. The lowest BCUT2D eigenvalue weighted by atomic mass is 9.94. The van der Waals surface area contributed by atoms with Gasteiger partial charge in [-0.25, -0.2) is 0 Å². The van der Waals surface area contributed by atoms with Gasteiger partial charge >= 0.3 is 0 Å². The zero-order chi connectivity index (χ0) is 24.1. The number of hydrogen-bond acceptors (Lipinski definition) is 6. The van der Waals surface area contributed by atoms with Crippen LogP contribution in [-0.2, 0) is 6.54 Å². The van der Waals surface area contributed by atoms with Crippen molar-refractivity contribution in [3.8, 4) is 28.5 Å². The lowest BCUT2D eigenvalue weighted by molar-refractivity contribution is 0.0716. The smallest absolute Gasteiger partial charge is 0.273 e. The number of fused-ring (bicyclic) bond motifs is 1. The van der Waals surface area contributed by atoms with Gasteiger partial charge in [-0.2, -0.15) is 5.10 Å². The Hall–Kier alpha value is -3.72. The maximum atomic E-state index is 13.5.